The van der Waals surface area contributed by atoms with Crippen molar-refractivity contribution in [3.8, 4) is 17.1 Å². The van der Waals surface area contributed by atoms with Crippen molar-refractivity contribution in [3.63, 3.8) is 0 Å². The number of fused-ring (bicyclic) bond motifs is 1. The summed E-state index contributed by atoms with van der Waals surface area (Å²) in [6, 6.07) is 13.3. The summed E-state index contributed by atoms with van der Waals surface area (Å²) in [6.07, 6.45) is 1.04. The maximum Gasteiger partial charge on any atom is 0.249 e. The molecule has 33 heavy (non-hydrogen) atoms. The molecule has 1 saturated heterocycles. The van der Waals surface area contributed by atoms with Gasteiger partial charge in [0.1, 0.15) is 17.7 Å². The highest BCUT2D eigenvalue weighted by Gasteiger charge is 2.26. The van der Waals surface area contributed by atoms with Crippen molar-refractivity contribution in [3.05, 3.63) is 48.0 Å². The molecule has 7 nitrogen and oxygen atoms in total. The van der Waals surface area contributed by atoms with Crippen molar-refractivity contribution >= 4 is 22.6 Å². The van der Waals surface area contributed by atoms with Crippen molar-refractivity contribution in [1.82, 2.24) is 15.3 Å². The average Bonchev–Trinajstić information content (AvgIpc) is 2.78. The van der Waals surface area contributed by atoms with Gasteiger partial charge in [0.05, 0.1) is 11.1 Å². The second-order valence-electron chi connectivity index (χ2n) is 9.32. The van der Waals surface area contributed by atoms with Crippen LogP contribution in [0.15, 0.2) is 42.5 Å². The number of nitrogens with one attached hydrogen (secondary N) is 1. The molecule has 1 unspecified atom stereocenters. The Balaban J connectivity index is 0.00000324. The number of amides is 1. The van der Waals surface area contributed by atoms with Gasteiger partial charge in [-0.25, -0.2) is 9.97 Å². The fourth-order valence-electron chi connectivity index (χ4n) is 4.33. The van der Waals surface area contributed by atoms with E-state index in [2.05, 4.69) is 16.3 Å². The normalized spacial score (nSPS) is 15.7. The second-order valence-corrected chi connectivity index (χ2v) is 9.32. The van der Waals surface area contributed by atoms with Crippen LogP contribution in [0.3, 0.4) is 0 Å². The Labute approximate surface area is 196 Å². The van der Waals surface area contributed by atoms with E-state index in [1.165, 1.54) is 0 Å². The Kier molecular flexibility index (Phi) is 6.79. The molecule has 2 aromatic carbocycles. The first-order valence-electron chi connectivity index (χ1n) is 11.6. The Hall–Kier alpha value is -3.19. The molecule has 1 aliphatic rings. The number of phenols is 1. The summed E-state index contributed by atoms with van der Waals surface area (Å²) >= 11 is 0. The minimum atomic E-state index is -0.960. The third kappa shape index (κ3) is 5.25. The SMILES string of the molecule is Cc1ccc2c(N3CCC(NC(=O)C(O)CC(C)C)CC3)nc(-c3ccccc3O)nc2c1.[HH]. The van der Waals surface area contributed by atoms with Crippen LogP contribution in [0.25, 0.3) is 22.3 Å². The van der Waals surface area contributed by atoms with Crippen LogP contribution in [-0.2, 0) is 4.79 Å². The highest BCUT2D eigenvalue weighted by atomic mass is 16.3. The van der Waals surface area contributed by atoms with Crippen LogP contribution in [0.2, 0.25) is 0 Å². The van der Waals surface area contributed by atoms with Crippen molar-refractivity contribution < 1.29 is 16.4 Å². The smallest absolute Gasteiger partial charge is 0.249 e. The van der Waals surface area contributed by atoms with Crippen LogP contribution in [0.1, 0.15) is 40.1 Å². The number of rotatable bonds is 6. The zero-order chi connectivity index (χ0) is 23.5. The number of hydrogen-bond donors (Lipinski definition) is 3. The largest absolute Gasteiger partial charge is 0.507 e. The van der Waals surface area contributed by atoms with Gasteiger partial charge in [0.25, 0.3) is 0 Å². The third-order valence-electron chi connectivity index (χ3n) is 6.12. The van der Waals surface area contributed by atoms with Gasteiger partial charge in [0.15, 0.2) is 5.82 Å². The van der Waals surface area contributed by atoms with Gasteiger partial charge in [-0.1, -0.05) is 32.0 Å². The van der Waals surface area contributed by atoms with Crippen molar-refractivity contribution in [2.75, 3.05) is 18.0 Å². The van der Waals surface area contributed by atoms with Gasteiger partial charge < -0.3 is 20.4 Å². The molecule has 1 fully saturated rings. The molecular weight excluding hydrogens is 416 g/mol. The molecule has 1 amide bonds. The van der Waals surface area contributed by atoms with E-state index in [9.17, 15) is 15.0 Å². The minimum Gasteiger partial charge on any atom is -0.507 e. The van der Waals surface area contributed by atoms with Crippen LogP contribution >= 0.6 is 0 Å². The molecular formula is C26H34N4O3. The minimum absolute atomic E-state index is 0. The first kappa shape index (κ1) is 23.0. The number of carbonyl (C=O) groups is 1. The Morgan fingerprint density at radius 1 is 1.18 bits per heavy atom. The molecule has 3 N–H and O–H groups in total. The number of aromatic hydroxyl groups is 1. The highest BCUT2D eigenvalue weighted by Crippen LogP contribution is 2.33. The number of phenolic OH excluding ortho intramolecular Hbond substituents is 1. The summed E-state index contributed by atoms with van der Waals surface area (Å²) < 4.78 is 0. The monoisotopic (exact) mass is 450 g/mol. The van der Waals surface area contributed by atoms with Crippen LogP contribution < -0.4 is 10.2 Å². The number of piperidine rings is 1. The number of aromatic nitrogens is 2. The summed E-state index contributed by atoms with van der Waals surface area (Å²) in [7, 11) is 0. The molecule has 0 bridgehead atoms. The lowest BCUT2D eigenvalue weighted by Crippen LogP contribution is -2.48. The maximum absolute atomic E-state index is 12.3. The first-order valence-corrected chi connectivity index (χ1v) is 11.6. The Morgan fingerprint density at radius 2 is 1.91 bits per heavy atom. The number of nitrogens with zero attached hydrogens (tertiary/aromatic N) is 3. The molecule has 176 valence electrons. The van der Waals surface area contributed by atoms with Gasteiger partial charge in [0, 0.05) is 25.9 Å². The lowest BCUT2D eigenvalue weighted by atomic mass is 10.0. The summed E-state index contributed by atoms with van der Waals surface area (Å²) in [6.45, 7) is 7.47. The van der Waals surface area contributed by atoms with Gasteiger partial charge in [-0.05, 0) is 61.9 Å². The van der Waals surface area contributed by atoms with E-state index in [0.717, 1.165) is 48.2 Å². The zero-order valence-electron chi connectivity index (χ0n) is 19.5. The van der Waals surface area contributed by atoms with E-state index in [1.54, 1.807) is 12.1 Å². The lowest BCUT2D eigenvalue weighted by molar-refractivity contribution is -0.130. The third-order valence-corrected chi connectivity index (χ3v) is 6.12. The number of benzene rings is 2. The van der Waals surface area contributed by atoms with Crippen molar-refractivity contribution in [2.45, 2.75) is 52.2 Å². The average molecular weight is 451 g/mol. The van der Waals surface area contributed by atoms with Crippen LogP contribution in [-0.4, -0.2) is 51.3 Å². The molecule has 0 aliphatic carbocycles. The second kappa shape index (κ2) is 9.75. The number of anilines is 1. The van der Waals surface area contributed by atoms with Gasteiger partial charge in [-0.3, -0.25) is 4.79 Å². The molecule has 0 saturated carbocycles. The Bertz CT molecular complexity index is 1150. The molecule has 0 spiro atoms. The summed E-state index contributed by atoms with van der Waals surface area (Å²) in [5.74, 6) is 1.46. The number of para-hydroxylation sites is 1. The molecule has 3 aromatic rings. The summed E-state index contributed by atoms with van der Waals surface area (Å²) in [5.41, 5.74) is 2.55. The van der Waals surface area contributed by atoms with Gasteiger partial charge >= 0.3 is 0 Å². The van der Waals surface area contributed by atoms with Crippen LogP contribution in [0.4, 0.5) is 5.82 Å². The summed E-state index contributed by atoms with van der Waals surface area (Å²) in [4.78, 5) is 24.1. The number of hydrogen-bond acceptors (Lipinski definition) is 6. The van der Waals surface area contributed by atoms with E-state index in [0.29, 0.717) is 17.8 Å². The Morgan fingerprint density at radius 3 is 2.61 bits per heavy atom. The summed E-state index contributed by atoms with van der Waals surface area (Å²) in [5, 5.41) is 24.4. The van der Waals surface area contributed by atoms with E-state index in [4.69, 9.17) is 9.97 Å². The van der Waals surface area contributed by atoms with E-state index < -0.39 is 6.10 Å². The van der Waals surface area contributed by atoms with Crippen molar-refractivity contribution in [2.24, 2.45) is 5.92 Å². The van der Waals surface area contributed by atoms with Gasteiger partial charge in [-0.15, -0.1) is 0 Å². The molecule has 0 radical (unpaired) electrons. The predicted octanol–water partition coefficient (Wildman–Crippen LogP) is 4.05. The molecule has 7 heteroatoms. The number of carbonyl (C=O) groups excluding carboxylic acids is 1. The lowest BCUT2D eigenvalue weighted by Gasteiger charge is -2.34. The fraction of sp³-hybridized carbons (Fsp3) is 0.423. The number of aryl methyl sites for hydroxylation is 1. The van der Waals surface area contributed by atoms with E-state index >= 15 is 0 Å². The number of aliphatic hydroxyl groups is 1. The topological polar surface area (TPSA) is 98.6 Å². The van der Waals surface area contributed by atoms with Gasteiger partial charge in [0.2, 0.25) is 5.91 Å². The van der Waals surface area contributed by atoms with Gasteiger partial charge in [-0.2, -0.15) is 0 Å². The molecule has 2 heterocycles. The zero-order valence-corrected chi connectivity index (χ0v) is 19.5. The van der Waals surface area contributed by atoms with Crippen molar-refractivity contribution in [1.29, 1.82) is 0 Å². The molecule has 1 atom stereocenters. The molecule has 1 aromatic heterocycles. The van der Waals surface area contributed by atoms with Crippen LogP contribution in [0, 0.1) is 12.8 Å². The fourth-order valence-corrected chi connectivity index (χ4v) is 4.33. The maximum atomic E-state index is 12.3. The first-order chi connectivity index (χ1) is 15.8. The standard InChI is InChI=1S/C26H32N4O3.H2/c1-16(2)14-23(32)26(33)27-18-10-12-30(13-11-18)25-19-9-8-17(3)15-21(19)28-24(29-25)20-6-4-5-7-22(20)31;/h4-9,15-16,18,23,31-32H,10-14H2,1-3H3,(H,27,33);1H. The number of aliphatic hydroxyl groups excluding tert-OH is 1. The molecule has 1 aliphatic heterocycles. The van der Waals surface area contributed by atoms with E-state index in [-0.39, 0.29) is 25.0 Å². The van der Waals surface area contributed by atoms with E-state index in [1.807, 2.05) is 45.0 Å². The highest BCUT2D eigenvalue weighted by molar-refractivity contribution is 5.92. The predicted molar refractivity (Wildman–Crippen MR) is 132 cm³/mol. The van der Waals surface area contributed by atoms with Crippen LogP contribution in [0.5, 0.6) is 5.75 Å². The quantitative estimate of drug-likeness (QED) is 0.524. The molecule has 4 rings (SSSR count).